The fourth-order valence-electron chi connectivity index (χ4n) is 3.66. The van der Waals surface area contributed by atoms with Crippen molar-refractivity contribution in [2.24, 2.45) is 0 Å². The number of benzene rings is 2. The normalized spacial score (nSPS) is 11.7. The lowest BCUT2D eigenvalue weighted by atomic mass is 10.2. The van der Waals surface area contributed by atoms with Gasteiger partial charge in [0.25, 0.3) is 5.56 Å². The molecular formula is C25H30N2O7S. The third-order valence-electron chi connectivity index (χ3n) is 5.31. The highest BCUT2D eigenvalue weighted by molar-refractivity contribution is 8.00. The first-order valence-electron chi connectivity index (χ1n) is 11.2. The van der Waals surface area contributed by atoms with E-state index in [4.69, 9.17) is 28.7 Å². The van der Waals surface area contributed by atoms with Crippen molar-refractivity contribution in [3.05, 3.63) is 40.7 Å². The Bertz CT molecular complexity index is 1240. The number of hydrogen-bond donors (Lipinski definition) is 0. The molecule has 0 unspecified atom stereocenters. The van der Waals surface area contributed by atoms with Crippen LogP contribution in [0.2, 0.25) is 0 Å². The van der Waals surface area contributed by atoms with E-state index in [-0.39, 0.29) is 29.3 Å². The number of methoxy groups -OCH3 is 4. The monoisotopic (exact) mass is 502 g/mol. The summed E-state index contributed by atoms with van der Waals surface area (Å²) in [5.74, 6) is 1.23. The molecule has 0 radical (unpaired) electrons. The van der Waals surface area contributed by atoms with Gasteiger partial charge in [0, 0.05) is 0 Å². The highest BCUT2D eigenvalue weighted by atomic mass is 32.2. The fraction of sp³-hybridized carbons (Fsp3) is 0.400. The maximum Gasteiger partial charge on any atom is 0.319 e. The second-order valence-corrected chi connectivity index (χ2v) is 8.59. The third-order valence-corrected chi connectivity index (χ3v) is 6.51. The topological polar surface area (TPSA) is 98.1 Å². The van der Waals surface area contributed by atoms with Crippen molar-refractivity contribution in [2.75, 3.05) is 35.0 Å². The van der Waals surface area contributed by atoms with E-state index in [9.17, 15) is 9.59 Å². The molecule has 2 aromatic carbocycles. The molecule has 0 aliphatic heterocycles. The number of esters is 1. The summed E-state index contributed by atoms with van der Waals surface area (Å²) in [4.78, 5) is 31.4. The summed E-state index contributed by atoms with van der Waals surface area (Å²) in [6, 6.07) is 8.61. The Morgan fingerprint density at radius 1 is 1.00 bits per heavy atom. The number of carbonyl (C=O) groups excluding carboxylic acids is 1. The molecule has 0 bridgehead atoms. The molecule has 35 heavy (non-hydrogen) atoms. The molecule has 0 spiro atoms. The predicted octanol–water partition coefficient (Wildman–Crippen LogP) is 4.24. The van der Waals surface area contributed by atoms with Crippen LogP contribution >= 0.6 is 11.8 Å². The van der Waals surface area contributed by atoms with Crippen molar-refractivity contribution >= 4 is 28.6 Å². The number of ether oxygens (including phenoxy) is 5. The molecule has 0 saturated heterocycles. The molecule has 3 aromatic rings. The highest BCUT2D eigenvalue weighted by Gasteiger charge is 2.27. The summed E-state index contributed by atoms with van der Waals surface area (Å²) in [5.41, 5.74) is 0.531. The molecule has 188 valence electrons. The van der Waals surface area contributed by atoms with Gasteiger partial charge >= 0.3 is 5.97 Å². The number of aromatic nitrogens is 2. The number of fused-ring (bicyclic) bond motifs is 1. The van der Waals surface area contributed by atoms with E-state index in [1.807, 2.05) is 6.92 Å². The molecule has 1 atom stereocenters. The van der Waals surface area contributed by atoms with Crippen molar-refractivity contribution < 1.29 is 28.5 Å². The second-order valence-electron chi connectivity index (χ2n) is 7.42. The first-order chi connectivity index (χ1) is 16.9. The van der Waals surface area contributed by atoms with E-state index >= 15 is 0 Å². The molecule has 3 rings (SSSR count). The summed E-state index contributed by atoms with van der Waals surface area (Å²) in [6.45, 7) is 4.01. The minimum atomic E-state index is -0.542. The van der Waals surface area contributed by atoms with Crippen molar-refractivity contribution in [1.82, 2.24) is 9.55 Å². The van der Waals surface area contributed by atoms with Gasteiger partial charge in [0.15, 0.2) is 16.7 Å². The van der Waals surface area contributed by atoms with Crippen LogP contribution in [0.4, 0.5) is 0 Å². The second kappa shape index (κ2) is 11.8. The molecule has 0 saturated carbocycles. The van der Waals surface area contributed by atoms with Gasteiger partial charge in [0.1, 0.15) is 16.5 Å². The third kappa shape index (κ3) is 5.32. The van der Waals surface area contributed by atoms with Crippen LogP contribution < -0.4 is 24.5 Å². The zero-order chi connectivity index (χ0) is 25.5. The van der Waals surface area contributed by atoms with Crippen LogP contribution in [0.5, 0.6) is 23.0 Å². The molecule has 0 aliphatic carbocycles. The zero-order valence-electron chi connectivity index (χ0n) is 20.7. The van der Waals surface area contributed by atoms with Gasteiger partial charge < -0.3 is 23.7 Å². The Labute approximate surface area is 208 Å². The first-order valence-corrected chi connectivity index (χ1v) is 12.0. The molecule has 1 aromatic heterocycles. The smallest absolute Gasteiger partial charge is 0.319 e. The van der Waals surface area contributed by atoms with Gasteiger partial charge in [-0.05, 0) is 43.7 Å². The molecule has 0 fully saturated rings. The molecule has 0 aliphatic rings. The summed E-state index contributed by atoms with van der Waals surface area (Å²) in [5, 5.41) is 0.0625. The van der Waals surface area contributed by atoms with Gasteiger partial charge in [0.2, 0.25) is 5.75 Å². The van der Waals surface area contributed by atoms with Crippen molar-refractivity contribution in [1.29, 1.82) is 0 Å². The number of nitrogens with zero attached hydrogens (tertiary/aromatic N) is 2. The number of thioether (sulfide) groups is 1. The Morgan fingerprint density at radius 2 is 1.69 bits per heavy atom. The van der Waals surface area contributed by atoms with Gasteiger partial charge in [-0.15, -0.1) is 0 Å². The van der Waals surface area contributed by atoms with E-state index in [1.165, 1.54) is 37.7 Å². The van der Waals surface area contributed by atoms with Crippen LogP contribution in [0, 0.1) is 0 Å². The minimum Gasteiger partial charge on any atom is -0.497 e. The Kier molecular flexibility index (Phi) is 8.86. The van der Waals surface area contributed by atoms with Crippen LogP contribution in [0.15, 0.2) is 40.3 Å². The van der Waals surface area contributed by atoms with Gasteiger partial charge in [-0.3, -0.25) is 14.2 Å². The summed E-state index contributed by atoms with van der Waals surface area (Å²) >= 11 is 1.18. The van der Waals surface area contributed by atoms with Crippen LogP contribution in [-0.4, -0.2) is 55.8 Å². The Hall–Kier alpha value is -3.40. The maximum absolute atomic E-state index is 13.9. The van der Waals surface area contributed by atoms with E-state index in [1.54, 1.807) is 44.4 Å². The molecule has 0 amide bonds. The predicted molar refractivity (Wildman–Crippen MR) is 135 cm³/mol. The van der Waals surface area contributed by atoms with Gasteiger partial charge in [-0.2, -0.15) is 0 Å². The number of rotatable bonds is 11. The molecule has 10 heteroatoms. The number of hydrogen-bond acceptors (Lipinski definition) is 9. The lowest BCUT2D eigenvalue weighted by Gasteiger charge is -2.20. The summed E-state index contributed by atoms with van der Waals surface area (Å²) in [6.07, 6.45) is 1.31. The van der Waals surface area contributed by atoms with E-state index in [0.29, 0.717) is 40.0 Å². The van der Waals surface area contributed by atoms with Crippen molar-refractivity contribution in [3.8, 4) is 28.7 Å². The molecule has 1 heterocycles. The highest BCUT2D eigenvalue weighted by Crippen LogP contribution is 2.42. The number of carbonyl (C=O) groups is 1. The fourth-order valence-corrected chi connectivity index (χ4v) is 4.87. The zero-order valence-corrected chi connectivity index (χ0v) is 21.6. The largest absolute Gasteiger partial charge is 0.497 e. The van der Waals surface area contributed by atoms with Gasteiger partial charge in [0.05, 0.1) is 46.1 Å². The molecule has 9 nitrogen and oxygen atoms in total. The van der Waals surface area contributed by atoms with E-state index in [2.05, 4.69) is 0 Å². The maximum atomic E-state index is 13.9. The first kappa shape index (κ1) is 26.2. The average molecular weight is 503 g/mol. The molecule has 0 N–H and O–H groups in total. The van der Waals surface area contributed by atoms with E-state index in [0.717, 1.165) is 6.42 Å². The van der Waals surface area contributed by atoms with Crippen molar-refractivity contribution in [2.45, 2.75) is 37.1 Å². The average Bonchev–Trinajstić information content (AvgIpc) is 2.87. The van der Waals surface area contributed by atoms with Crippen LogP contribution in [-0.2, 0) is 9.53 Å². The quantitative estimate of drug-likeness (QED) is 0.217. The van der Waals surface area contributed by atoms with Crippen LogP contribution in [0.1, 0.15) is 26.7 Å². The summed E-state index contributed by atoms with van der Waals surface area (Å²) < 4.78 is 28.5. The van der Waals surface area contributed by atoms with E-state index < -0.39 is 5.25 Å². The van der Waals surface area contributed by atoms with Crippen molar-refractivity contribution in [3.63, 3.8) is 0 Å². The standard InChI is InChI=1S/C25H30N2O7S/c1-7-9-19(24(29)34-8-2)35-25-26-20-17(14-18(31-4)21(32-5)22(20)33-6)23(28)27(25)15-10-12-16(30-3)13-11-15/h10-14,19H,7-9H2,1-6H3/t19-/m0/s1. The Morgan fingerprint density at radius 3 is 2.23 bits per heavy atom. The van der Waals surface area contributed by atoms with Crippen LogP contribution in [0.25, 0.3) is 16.6 Å². The lowest BCUT2D eigenvalue weighted by molar-refractivity contribution is -0.142. The van der Waals surface area contributed by atoms with Gasteiger partial charge in [-0.25, -0.2) is 4.98 Å². The lowest BCUT2D eigenvalue weighted by Crippen LogP contribution is -2.26. The van der Waals surface area contributed by atoms with Crippen LogP contribution in [0.3, 0.4) is 0 Å². The summed E-state index contributed by atoms with van der Waals surface area (Å²) in [7, 11) is 6.01. The Balaban J connectivity index is 2.34. The molecular weight excluding hydrogens is 472 g/mol. The van der Waals surface area contributed by atoms with Gasteiger partial charge in [-0.1, -0.05) is 25.1 Å². The SMILES string of the molecule is CCC[C@H](Sc1nc2c(OC)c(OC)c(OC)cc2c(=O)n1-c1ccc(OC)cc1)C(=O)OCC. The minimum absolute atomic E-state index is 0.265.